The number of anilines is 2. The fraction of sp³-hybridized carbons (Fsp3) is 0. The number of rotatable bonds is 5. The van der Waals surface area contributed by atoms with Gasteiger partial charge in [-0.05, 0) is 35.4 Å². The molecule has 0 saturated carbocycles. The molecular weight excluding hydrogens is 380 g/mol. The number of hydrogen-bond acceptors (Lipinski definition) is 4. The number of nitrogens with zero attached hydrogens (tertiary/aromatic N) is 3. The highest BCUT2D eigenvalue weighted by atomic mass is 15.9. The number of para-hydroxylation sites is 1. The van der Waals surface area contributed by atoms with E-state index in [0.717, 1.165) is 28.3 Å². The van der Waals surface area contributed by atoms with Crippen LogP contribution in [-0.4, -0.2) is 5.84 Å². The second-order valence-electron chi connectivity index (χ2n) is 7.20. The zero-order valence-electron chi connectivity index (χ0n) is 17.0. The molecular formula is C27H22N4. The van der Waals surface area contributed by atoms with Gasteiger partial charge in [0, 0.05) is 5.56 Å². The molecule has 0 saturated heterocycles. The molecule has 1 aliphatic rings. The van der Waals surface area contributed by atoms with Gasteiger partial charge in [0.25, 0.3) is 0 Å². The summed E-state index contributed by atoms with van der Waals surface area (Å²) in [7, 11) is 0. The van der Waals surface area contributed by atoms with Gasteiger partial charge in [-0.15, -0.1) is 5.10 Å². The summed E-state index contributed by atoms with van der Waals surface area (Å²) >= 11 is 0. The van der Waals surface area contributed by atoms with E-state index < -0.39 is 0 Å². The van der Waals surface area contributed by atoms with E-state index in [9.17, 15) is 0 Å². The van der Waals surface area contributed by atoms with E-state index in [4.69, 9.17) is 5.10 Å². The number of hydrogen-bond donors (Lipinski definition) is 1. The van der Waals surface area contributed by atoms with Gasteiger partial charge in [-0.3, -0.25) is 5.43 Å². The number of hydrazine groups is 2. The van der Waals surface area contributed by atoms with Gasteiger partial charge < -0.3 is 0 Å². The Bertz CT molecular complexity index is 1180. The van der Waals surface area contributed by atoms with E-state index in [0.29, 0.717) is 0 Å². The molecule has 0 aliphatic carbocycles. The molecule has 0 spiro atoms. The molecule has 0 unspecified atom stereocenters. The van der Waals surface area contributed by atoms with Gasteiger partial charge in [0.1, 0.15) is 0 Å². The lowest BCUT2D eigenvalue weighted by Gasteiger charge is -2.28. The Morgan fingerprint density at radius 1 is 0.548 bits per heavy atom. The van der Waals surface area contributed by atoms with Gasteiger partial charge >= 0.3 is 0 Å². The maximum absolute atomic E-state index is 4.84. The van der Waals surface area contributed by atoms with Crippen molar-refractivity contribution < 1.29 is 0 Å². The monoisotopic (exact) mass is 402 g/mol. The highest BCUT2D eigenvalue weighted by Gasteiger charge is 2.26. The van der Waals surface area contributed by atoms with Crippen molar-refractivity contribution in [3.8, 4) is 0 Å². The van der Waals surface area contributed by atoms with Crippen LogP contribution in [0, 0.1) is 0 Å². The van der Waals surface area contributed by atoms with Crippen molar-refractivity contribution in [1.82, 2.24) is 5.43 Å². The van der Waals surface area contributed by atoms with Crippen molar-refractivity contribution >= 4 is 29.4 Å². The zero-order valence-corrected chi connectivity index (χ0v) is 17.0. The number of nitrogens with one attached hydrogen (secondary N) is 1. The van der Waals surface area contributed by atoms with Gasteiger partial charge in [0.05, 0.1) is 11.4 Å². The molecule has 4 aromatic rings. The zero-order chi connectivity index (χ0) is 20.9. The van der Waals surface area contributed by atoms with E-state index in [2.05, 4.69) is 66.1 Å². The van der Waals surface area contributed by atoms with Crippen LogP contribution in [0.5, 0.6) is 0 Å². The maximum Gasteiger partial charge on any atom is 0.176 e. The summed E-state index contributed by atoms with van der Waals surface area (Å²) in [5.41, 5.74) is 8.78. The molecule has 0 bridgehead atoms. The third-order valence-corrected chi connectivity index (χ3v) is 5.04. The molecule has 150 valence electrons. The van der Waals surface area contributed by atoms with Gasteiger partial charge in [-0.25, -0.2) is 0 Å². The number of benzene rings is 4. The van der Waals surface area contributed by atoms with Crippen molar-refractivity contribution in [2.45, 2.75) is 0 Å². The molecule has 0 aromatic heterocycles. The van der Waals surface area contributed by atoms with Crippen LogP contribution < -0.4 is 15.7 Å². The van der Waals surface area contributed by atoms with Crippen molar-refractivity contribution in [2.24, 2.45) is 5.10 Å². The van der Waals surface area contributed by atoms with Crippen LogP contribution in [0.25, 0.3) is 12.2 Å². The first-order valence-corrected chi connectivity index (χ1v) is 10.3. The minimum atomic E-state index is 0.803. The van der Waals surface area contributed by atoms with Crippen LogP contribution in [-0.2, 0) is 0 Å². The second-order valence-corrected chi connectivity index (χ2v) is 7.20. The van der Waals surface area contributed by atoms with Gasteiger partial charge in [-0.1, -0.05) is 103 Å². The fourth-order valence-electron chi connectivity index (χ4n) is 3.42. The molecule has 31 heavy (non-hydrogen) atoms. The molecule has 5 rings (SSSR count). The first kappa shape index (κ1) is 18.7. The molecule has 4 heteroatoms. The SMILES string of the molecule is C(=C\c1ccc(N2NC(c3ccccc3)=NN2c2ccccc2)cc1)/c1ccccc1. The maximum atomic E-state index is 4.84. The Labute approximate surface area is 182 Å². The van der Waals surface area contributed by atoms with Crippen LogP contribution in [0.1, 0.15) is 16.7 Å². The number of amidine groups is 1. The molecule has 4 aromatic carbocycles. The molecule has 1 N–H and O–H groups in total. The summed E-state index contributed by atoms with van der Waals surface area (Å²) in [6.45, 7) is 0. The molecule has 1 aliphatic heterocycles. The Morgan fingerprint density at radius 3 is 1.74 bits per heavy atom. The Hall–Kier alpha value is -4.31. The van der Waals surface area contributed by atoms with Crippen molar-refractivity contribution in [2.75, 3.05) is 10.2 Å². The summed E-state index contributed by atoms with van der Waals surface area (Å²) in [5, 5.41) is 8.68. The molecule has 4 nitrogen and oxygen atoms in total. The normalized spacial score (nSPS) is 13.4. The van der Waals surface area contributed by atoms with E-state index in [1.54, 1.807) is 0 Å². The molecule has 0 radical (unpaired) electrons. The lowest BCUT2D eigenvalue weighted by molar-refractivity contribution is 0.771. The minimum absolute atomic E-state index is 0.803. The van der Waals surface area contributed by atoms with Crippen molar-refractivity contribution in [3.05, 3.63) is 132 Å². The molecule has 0 amide bonds. The van der Waals surface area contributed by atoms with E-state index in [1.165, 1.54) is 5.56 Å². The topological polar surface area (TPSA) is 30.9 Å². The Kier molecular flexibility index (Phi) is 5.18. The average Bonchev–Trinajstić information content (AvgIpc) is 3.30. The fourth-order valence-corrected chi connectivity index (χ4v) is 3.42. The minimum Gasteiger partial charge on any atom is -0.259 e. The molecule has 1 heterocycles. The third-order valence-electron chi connectivity index (χ3n) is 5.04. The standard InChI is InChI=1S/C27H22N4/c1-4-10-22(11-5-1)16-17-23-18-20-26(21-19-23)31-29-27(24-12-6-2-7-13-24)28-30(31)25-14-8-3-9-15-25/h1-21H,(H,28,29)/b17-16+. The summed E-state index contributed by atoms with van der Waals surface area (Å²) in [4.78, 5) is 0. The van der Waals surface area contributed by atoms with Crippen LogP contribution in [0.3, 0.4) is 0 Å². The quantitative estimate of drug-likeness (QED) is 0.418. The molecule has 0 atom stereocenters. The second kappa shape index (κ2) is 8.59. The lowest BCUT2D eigenvalue weighted by Crippen LogP contribution is -2.44. The van der Waals surface area contributed by atoms with Crippen molar-refractivity contribution in [3.63, 3.8) is 0 Å². The number of hydrazone groups is 1. The first-order chi connectivity index (χ1) is 15.4. The van der Waals surface area contributed by atoms with Gasteiger partial charge in [0.15, 0.2) is 5.84 Å². The summed E-state index contributed by atoms with van der Waals surface area (Å²) in [6, 6.07) is 39.0. The summed E-state index contributed by atoms with van der Waals surface area (Å²) < 4.78 is 0. The average molecular weight is 403 g/mol. The summed E-state index contributed by atoms with van der Waals surface area (Å²) in [6.07, 6.45) is 4.24. The van der Waals surface area contributed by atoms with E-state index >= 15 is 0 Å². The predicted molar refractivity (Wildman–Crippen MR) is 129 cm³/mol. The smallest absolute Gasteiger partial charge is 0.176 e. The van der Waals surface area contributed by atoms with Crippen LogP contribution in [0.15, 0.2) is 120 Å². The highest BCUT2D eigenvalue weighted by molar-refractivity contribution is 6.02. The molecule has 0 fully saturated rings. The lowest BCUT2D eigenvalue weighted by atomic mass is 10.1. The van der Waals surface area contributed by atoms with Crippen LogP contribution >= 0.6 is 0 Å². The third kappa shape index (κ3) is 4.19. The summed E-state index contributed by atoms with van der Waals surface area (Å²) in [5.74, 6) is 0.803. The first-order valence-electron chi connectivity index (χ1n) is 10.3. The Balaban J connectivity index is 1.42. The van der Waals surface area contributed by atoms with Crippen LogP contribution in [0.4, 0.5) is 11.4 Å². The predicted octanol–water partition coefficient (Wildman–Crippen LogP) is 5.97. The van der Waals surface area contributed by atoms with E-state index in [1.807, 2.05) is 77.0 Å². The van der Waals surface area contributed by atoms with Crippen molar-refractivity contribution in [1.29, 1.82) is 0 Å². The highest BCUT2D eigenvalue weighted by Crippen LogP contribution is 2.26. The largest absolute Gasteiger partial charge is 0.259 e. The van der Waals surface area contributed by atoms with Gasteiger partial charge in [-0.2, -0.15) is 10.2 Å². The Morgan fingerprint density at radius 2 is 1.10 bits per heavy atom. The van der Waals surface area contributed by atoms with E-state index in [-0.39, 0.29) is 0 Å². The van der Waals surface area contributed by atoms with Gasteiger partial charge in [0.2, 0.25) is 0 Å². The van der Waals surface area contributed by atoms with Crippen LogP contribution in [0.2, 0.25) is 0 Å².